The van der Waals surface area contributed by atoms with E-state index in [1.54, 1.807) is 0 Å². The molecule has 0 heterocycles. The summed E-state index contributed by atoms with van der Waals surface area (Å²) in [4.78, 5) is 0. The van der Waals surface area contributed by atoms with E-state index in [0.717, 1.165) is 0 Å². The Kier molecular flexibility index (Phi) is 8.18. The fourth-order valence-corrected chi connectivity index (χ4v) is 1.37. The molecule has 1 nitrogen and oxygen atoms in total. The molecule has 0 saturated heterocycles. The maximum atomic E-state index is 5.54. The van der Waals surface area contributed by atoms with Gasteiger partial charge in [0.1, 0.15) is 0 Å². The summed E-state index contributed by atoms with van der Waals surface area (Å²) < 4.78 is 0. The summed E-state index contributed by atoms with van der Waals surface area (Å²) in [6.45, 7) is 8.68. The van der Waals surface area contributed by atoms with Crippen LogP contribution < -0.4 is 5.73 Å². The molecule has 0 aliphatic rings. The quantitative estimate of drug-likeness (QED) is 0.756. The predicted molar refractivity (Wildman–Crippen MR) is 74.1 cm³/mol. The lowest BCUT2D eigenvalue weighted by Crippen LogP contribution is -1.95. The smallest absolute Gasteiger partial charge is 0.0178 e. The van der Waals surface area contributed by atoms with Crippen molar-refractivity contribution >= 4 is 5.57 Å². The van der Waals surface area contributed by atoms with Gasteiger partial charge in [-0.25, -0.2) is 0 Å². The van der Waals surface area contributed by atoms with Crippen LogP contribution in [0, 0.1) is 0 Å². The zero-order valence-corrected chi connectivity index (χ0v) is 10.8. The van der Waals surface area contributed by atoms with Crippen molar-refractivity contribution in [2.45, 2.75) is 34.2 Å². The molecule has 0 radical (unpaired) electrons. The molecular formula is C15H23N. The van der Waals surface area contributed by atoms with Gasteiger partial charge in [-0.3, -0.25) is 0 Å². The maximum absolute atomic E-state index is 5.54. The van der Waals surface area contributed by atoms with Gasteiger partial charge in [-0.1, -0.05) is 56.3 Å². The zero-order valence-electron chi connectivity index (χ0n) is 10.8. The largest absolute Gasteiger partial charge is 0.326 e. The van der Waals surface area contributed by atoms with Crippen molar-refractivity contribution in [1.29, 1.82) is 0 Å². The Balaban J connectivity index is 0.00000106. The highest BCUT2D eigenvalue weighted by Gasteiger charge is 1.95. The van der Waals surface area contributed by atoms with Crippen LogP contribution in [0.5, 0.6) is 0 Å². The molecule has 88 valence electrons. The number of nitrogens with two attached hydrogens (primary N) is 1. The molecule has 1 aromatic carbocycles. The highest BCUT2D eigenvalue weighted by atomic mass is 14.5. The van der Waals surface area contributed by atoms with Crippen molar-refractivity contribution in [2.24, 2.45) is 5.73 Å². The molecule has 0 aliphatic heterocycles. The number of hydrogen-bond acceptors (Lipinski definition) is 1. The van der Waals surface area contributed by atoms with Gasteiger partial charge in [0, 0.05) is 6.54 Å². The van der Waals surface area contributed by atoms with Gasteiger partial charge in [0.2, 0.25) is 0 Å². The summed E-state index contributed by atoms with van der Waals surface area (Å²) in [5.41, 5.74) is 9.19. The van der Waals surface area contributed by atoms with E-state index < -0.39 is 0 Å². The molecule has 16 heavy (non-hydrogen) atoms. The molecule has 1 rings (SSSR count). The first-order valence-electron chi connectivity index (χ1n) is 5.90. The molecule has 2 N–H and O–H groups in total. The summed E-state index contributed by atoms with van der Waals surface area (Å²) in [7, 11) is 0. The molecule has 1 heteroatoms. The van der Waals surface area contributed by atoms with Crippen molar-refractivity contribution < 1.29 is 0 Å². The topological polar surface area (TPSA) is 26.0 Å². The fourth-order valence-electron chi connectivity index (χ4n) is 1.37. The highest BCUT2D eigenvalue weighted by molar-refractivity contribution is 5.73. The highest BCUT2D eigenvalue weighted by Crippen LogP contribution is 2.16. The van der Waals surface area contributed by atoms with Crippen molar-refractivity contribution in [2.75, 3.05) is 0 Å². The van der Waals surface area contributed by atoms with Gasteiger partial charge in [0.25, 0.3) is 0 Å². The van der Waals surface area contributed by atoms with E-state index in [1.807, 2.05) is 33.8 Å². The summed E-state index contributed by atoms with van der Waals surface area (Å²) in [6, 6.07) is 8.36. The van der Waals surface area contributed by atoms with E-state index in [1.165, 1.54) is 16.7 Å². The minimum atomic E-state index is 0.606. The SMILES string of the molecule is C/C=C\C(=C/C)c1ccc(CN)cc1.CC. The molecule has 0 atom stereocenters. The van der Waals surface area contributed by atoms with Crippen LogP contribution in [0.2, 0.25) is 0 Å². The van der Waals surface area contributed by atoms with Crippen LogP contribution in [0.25, 0.3) is 5.57 Å². The third-order valence-corrected chi connectivity index (χ3v) is 2.18. The Morgan fingerprint density at radius 2 is 1.69 bits per heavy atom. The average Bonchev–Trinajstić information content (AvgIpc) is 2.38. The van der Waals surface area contributed by atoms with Gasteiger partial charge in [-0.05, 0) is 30.5 Å². The first kappa shape index (κ1) is 14.7. The lowest BCUT2D eigenvalue weighted by atomic mass is 10.0. The Morgan fingerprint density at radius 1 is 1.12 bits per heavy atom. The van der Waals surface area contributed by atoms with Crippen LogP contribution in [0.4, 0.5) is 0 Å². The van der Waals surface area contributed by atoms with Crippen molar-refractivity contribution in [1.82, 2.24) is 0 Å². The molecule has 0 amide bonds. The van der Waals surface area contributed by atoms with Gasteiger partial charge in [0.05, 0.1) is 0 Å². The molecule has 0 saturated carbocycles. The lowest BCUT2D eigenvalue weighted by Gasteiger charge is -2.03. The van der Waals surface area contributed by atoms with E-state index in [9.17, 15) is 0 Å². The first-order chi connectivity index (χ1) is 7.81. The van der Waals surface area contributed by atoms with E-state index in [4.69, 9.17) is 5.73 Å². The second-order valence-corrected chi connectivity index (χ2v) is 3.15. The maximum Gasteiger partial charge on any atom is 0.0178 e. The minimum absolute atomic E-state index is 0.606. The Hall–Kier alpha value is -1.34. The third kappa shape index (κ3) is 4.45. The lowest BCUT2D eigenvalue weighted by molar-refractivity contribution is 1.07. The second-order valence-electron chi connectivity index (χ2n) is 3.15. The standard InChI is InChI=1S/C13H17N.C2H6/c1-3-5-12(4-2)13-8-6-11(10-14)7-9-13;1-2/h3-9H,10,14H2,1-2H3;1-2H3/b5-3-,12-4+;. The molecule has 0 unspecified atom stereocenters. The second kappa shape index (κ2) is 8.93. The Labute approximate surface area is 99.7 Å². The number of benzene rings is 1. The normalized spacial score (nSPS) is 11.2. The van der Waals surface area contributed by atoms with Crippen LogP contribution in [0.3, 0.4) is 0 Å². The molecule has 1 aromatic rings. The first-order valence-corrected chi connectivity index (χ1v) is 5.90. The number of allylic oxidation sites excluding steroid dienone is 4. The molecule has 0 spiro atoms. The molecule has 0 aliphatic carbocycles. The number of rotatable bonds is 3. The van der Waals surface area contributed by atoms with Crippen LogP contribution in [-0.4, -0.2) is 0 Å². The van der Waals surface area contributed by atoms with Crippen LogP contribution in [-0.2, 0) is 6.54 Å². The van der Waals surface area contributed by atoms with Crippen molar-refractivity contribution in [3.05, 3.63) is 53.6 Å². The van der Waals surface area contributed by atoms with E-state index in [-0.39, 0.29) is 0 Å². The summed E-state index contributed by atoms with van der Waals surface area (Å²) >= 11 is 0. The van der Waals surface area contributed by atoms with E-state index >= 15 is 0 Å². The molecule has 0 bridgehead atoms. The van der Waals surface area contributed by atoms with Crippen molar-refractivity contribution in [3.63, 3.8) is 0 Å². The van der Waals surface area contributed by atoms with Crippen LogP contribution >= 0.6 is 0 Å². The average molecular weight is 217 g/mol. The summed E-state index contributed by atoms with van der Waals surface area (Å²) in [5.74, 6) is 0. The monoisotopic (exact) mass is 217 g/mol. The van der Waals surface area contributed by atoms with Crippen LogP contribution in [0.1, 0.15) is 38.8 Å². The number of hydrogen-bond donors (Lipinski definition) is 1. The Morgan fingerprint density at radius 3 is 2.06 bits per heavy atom. The fraction of sp³-hybridized carbons (Fsp3) is 0.333. The molecule has 0 fully saturated rings. The summed E-state index contributed by atoms with van der Waals surface area (Å²) in [6.07, 6.45) is 6.26. The van der Waals surface area contributed by atoms with Gasteiger partial charge in [-0.2, -0.15) is 0 Å². The van der Waals surface area contributed by atoms with Gasteiger partial charge in [0.15, 0.2) is 0 Å². The molecule has 0 aromatic heterocycles. The van der Waals surface area contributed by atoms with Gasteiger partial charge >= 0.3 is 0 Å². The van der Waals surface area contributed by atoms with E-state index in [0.29, 0.717) is 6.54 Å². The van der Waals surface area contributed by atoms with Gasteiger partial charge < -0.3 is 5.73 Å². The zero-order chi connectivity index (χ0) is 12.4. The summed E-state index contributed by atoms with van der Waals surface area (Å²) in [5, 5.41) is 0. The minimum Gasteiger partial charge on any atom is -0.326 e. The van der Waals surface area contributed by atoms with Crippen molar-refractivity contribution in [3.8, 4) is 0 Å². The van der Waals surface area contributed by atoms with Gasteiger partial charge in [-0.15, -0.1) is 0 Å². The molecular weight excluding hydrogens is 194 g/mol. The Bertz CT molecular complexity index is 331. The predicted octanol–water partition coefficient (Wildman–Crippen LogP) is 4.15. The van der Waals surface area contributed by atoms with E-state index in [2.05, 4.69) is 36.4 Å². The third-order valence-electron chi connectivity index (χ3n) is 2.18. The van der Waals surface area contributed by atoms with Crippen LogP contribution in [0.15, 0.2) is 42.5 Å².